The predicted octanol–water partition coefficient (Wildman–Crippen LogP) is 0.812. The Morgan fingerprint density at radius 2 is 2.00 bits per heavy atom. The van der Waals surface area contributed by atoms with Crippen LogP contribution in [-0.4, -0.2) is 44.7 Å². The van der Waals surface area contributed by atoms with Gasteiger partial charge < -0.3 is 9.22 Å². The molecule has 0 saturated heterocycles. The predicted molar refractivity (Wildman–Crippen MR) is 48.7 cm³/mol. The van der Waals surface area contributed by atoms with E-state index in [1.54, 1.807) is 13.0 Å². The lowest BCUT2D eigenvalue weighted by atomic mass is 10.5. The minimum Gasteiger partial charge on any atom is -0.457 e. The van der Waals surface area contributed by atoms with Gasteiger partial charge in [0.15, 0.2) is 0 Å². The fraction of sp³-hybridized carbons (Fsp3) is 0.667. The molecule has 0 aromatic rings. The summed E-state index contributed by atoms with van der Waals surface area (Å²) in [6.45, 7) is 3.11. The molecule has 70 valence electrons. The van der Waals surface area contributed by atoms with E-state index in [0.29, 0.717) is 6.61 Å². The van der Waals surface area contributed by atoms with E-state index in [2.05, 4.69) is 21.1 Å². The largest absolute Gasteiger partial charge is 0.457 e. The van der Waals surface area contributed by atoms with Crippen molar-refractivity contribution >= 4 is 5.97 Å². The molecule has 3 nitrogen and oxygen atoms in total. The van der Waals surface area contributed by atoms with Crippen LogP contribution in [0.15, 0.2) is 12.2 Å². The monoisotopic (exact) mass is 172 g/mol. The quantitative estimate of drug-likeness (QED) is 0.356. The second-order valence-corrected chi connectivity index (χ2v) is 3.68. The van der Waals surface area contributed by atoms with E-state index in [0.717, 1.165) is 11.0 Å². The summed E-state index contributed by atoms with van der Waals surface area (Å²) >= 11 is 0. The van der Waals surface area contributed by atoms with Gasteiger partial charge in [-0.3, -0.25) is 0 Å². The zero-order valence-electron chi connectivity index (χ0n) is 8.33. The summed E-state index contributed by atoms with van der Waals surface area (Å²) in [6.07, 6.45) is 3.10. The second-order valence-electron chi connectivity index (χ2n) is 3.68. The van der Waals surface area contributed by atoms with Gasteiger partial charge in [0, 0.05) is 6.08 Å². The third-order valence-electron chi connectivity index (χ3n) is 1.31. The van der Waals surface area contributed by atoms with Crippen LogP contribution < -0.4 is 0 Å². The molecule has 0 bridgehead atoms. The number of allylic oxidation sites excluding steroid dienone is 1. The van der Waals surface area contributed by atoms with Gasteiger partial charge in [0.05, 0.1) is 21.1 Å². The number of likely N-dealkylation sites (N-methyl/N-ethyl adjacent to an activating group) is 1. The minimum absolute atomic E-state index is 0.258. The highest BCUT2D eigenvalue weighted by Gasteiger charge is 2.07. The summed E-state index contributed by atoms with van der Waals surface area (Å²) in [4.78, 5) is 10.8. The fourth-order valence-corrected chi connectivity index (χ4v) is 0.604. The van der Waals surface area contributed by atoms with Crippen molar-refractivity contribution in [1.29, 1.82) is 0 Å². The van der Waals surface area contributed by atoms with Crippen LogP contribution in [-0.2, 0) is 9.53 Å². The van der Waals surface area contributed by atoms with Gasteiger partial charge in [-0.15, -0.1) is 0 Å². The minimum atomic E-state index is -0.258. The van der Waals surface area contributed by atoms with Gasteiger partial charge in [-0.05, 0) is 6.92 Å². The molecule has 0 aliphatic rings. The summed E-state index contributed by atoms with van der Waals surface area (Å²) in [5, 5.41) is 0. The Morgan fingerprint density at radius 3 is 2.42 bits per heavy atom. The molecule has 0 atom stereocenters. The average molecular weight is 172 g/mol. The second kappa shape index (κ2) is 4.93. The van der Waals surface area contributed by atoms with Gasteiger partial charge >= 0.3 is 5.97 Å². The molecule has 0 amide bonds. The first kappa shape index (κ1) is 11.2. The summed E-state index contributed by atoms with van der Waals surface area (Å²) in [5.41, 5.74) is 0. The van der Waals surface area contributed by atoms with Gasteiger partial charge in [0.2, 0.25) is 0 Å². The lowest BCUT2D eigenvalue weighted by molar-refractivity contribution is -0.870. The first-order valence-electron chi connectivity index (χ1n) is 4.05. The zero-order chi connectivity index (χ0) is 9.61. The van der Waals surface area contributed by atoms with Crippen LogP contribution in [0.2, 0.25) is 0 Å². The van der Waals surface area contributed by atoms with Crippen LogP contribution in [0.5, 0.6) is 0 Å². The van der Waals surface area contributed by atoms with Gasteiger partial charge in [0.25, 0.3) is 0 Å². The third-order valence-corrected chi connectivity index (χ3v) is 1.31. The van der Waals surface area contributed by atoms with Crippen molar-refractivity contribution in [3.8, 4) is 0 Å². The molecule has 0 aliphatic carbocycles. The molecule has 0 unspecified atom stereocenters. The van der Waals surface area contributed by atoms with E-state index in [-0.39, 0.29) is 5.97 Å². The van der Waals surface area contributed by atoms with Crippen LogP contribution in [0.4, 0.5) is 0 Å². The van der Waals surface area contributed by atoms with Gasteiger partial charge in [-0.25, -0.2) is 4.79 Å². The van der Waals surface area contributed by atoms with E-state index in [1.807, 2.05) is 0 Å². The SMILES string of the molecule is CC=CC(=O)OCC[N+](C)(C)C. The van der Waals surface area contributed by atoms with E-state index >= 15 is 0 Å². The Balaban J connectivity index is 3.51. The lowest BCUT2D eigenvalue weighted by Crippen LogP contribution is -2.37. The highest BCUT2D eigenvalue weighted by atomic mass is 16.5. The number of hydrogen-bond acceptors (Lipinski definition) is 2. The molecule has 3 heteroatoms. The molecule has 12 heavy (non-hydrogen) atoms. The molecule has 0 rings (SSSR count). The summed E-state index contributed by atoms with van der Waals surface area (Å²) in [6, 6.07) is 0. The number of hydrogen-bond donors (Lipinski definition) is 0. The number of ether oxygens (including phenoxy) is 1. The van der Waals surface area contributed by atoms with E-state index in [1.165, 1.54) is 6.08 Å². The number of carbonyl (C=O) groups is 1. The number of quaternary nitrogens is 1. The van der Waals surface area contributed by atoms with Crippen LogP contribution in [0, 0.1) is 0 Å². The van der Waals surface area contributed by atoms with Gasteiger partial charge in [-0.2, -0.15) is 0 Å². The van der Waals surface area contributed by atoms with Crippen molar-refractivity contribution in [2.75, 3.05) is 34.3 Å². The van der Waals surface area contributed by atoms with Crippen LogP contribution in [0.3, 0.4) is 0 Å². The van der Waals surface area contributed by atoms with Gasteiger partial charge in [-0.1, -0.05) is 6.08 Å². The zero-order valence-corrected chi connectivity index (χ0v) is 8.33. The lowest BCUT2D eigenvalue weighted by Gasteiger charge is -2.23. The Bertz CT molecular complexity index is 168. The standard InChI is InChI=1S/C9H18NO2/c1-5-6-9(11)12-8-7-10(2,3)4/h5-6H,7-8H2,1-4H3/q+1. The molecule has 0 fully saturated rings. The van der Waals surface area contributed by atoms with Crippen molar-refractivity contribution in [1.82, 2.24) is 0 Å². The molecule has 0 aromatic heterocycles. The number of carbonyl (C=O) groups excluding carboxylic acids is 1. The smallest absolute Gasteiger partial charge is 0.330 e. The van der Waals surface area contributed by atoms with E-state index < -0.39 is 0 Å². The fourth-order valence-electron chi connectivity index (χ4n) is 0.604. The van der Waals surface area contributed by atoms with Crippen molar-refractivity contribution in [2.45, 2.75) is 6.92 Å². The molecular weight excluding hydrogens is 154 g/mol. The number of esters is 1. The Morgan fingerprint density at radius 1 is 1.42 bits per heavy atom. The molecule has 0 spiro atoms. The first-order chi connectivity index (χ1) is 5.45. The van der Waals surface area contributed by atoms with Crippen molar-refractivity contribution in [2.24, 2.45) is 0 Å². The maximum Gasteiger partial charge on any atom is 0.330 e. The Hall–Kier alpha value is -0.830. The van der Waals surface area contributed by atoms with Gasteiger partial charge in [0.1, 0.15) is 13.2 Å². The average Bonchev–Trinajstić information content (AvgIpc) is 1.84. The molecule has 0 N–H and O–H groups in total. The van der Waals surface area contributed by atoms with E-state index in [4.69, 9.17) is 4.74 Å². The topological polar surface area (TPSA) is 26.3 Å². The maximum absolute atomic E-state index is 10.8. The molecular formula is C9H18NO2+. The summed E-state index contributed by atoms with van der Waals surface area (Å²) < 4.78 is 5.73. The highest BCUT2D eigenvalue weighted by Crippen LogP contribution is 1.90. The number of rotatable bonds is 4. The molecule has 0 radical (unpaired) electrons. The molecule has 0 aliphatic heterocycles. The Kier molecular flexibility index (Phi) is 4.59. The van der Waals surface area contributed by atoms with Crippen molar-refractivity contribution in [3.63, 3.8) is 0 Å². The van der Waals surface area contributed by atoms with Crippen molar-refractivity contribution < 1.29 is 14.0 Å². The normalized spacial score (nSPS) is 12.0. The van der Waals surface area contributed by atoms with Crippen LogP contribution >= 0.6 is 0 Å². The van der Waals surface area contributed by atoms with Crippen LogP contribution in [0.1, 0.15) is 6.92 Å². The summed E-state index contributed by atoms with van der Waals surface area (Å²) in [5.74, 6) is -0.258. The third kappa shape index (κ3) is 7.28. The first-order valence-corrected chi connectivity index (χ1v) is 4.05. The number of nitrogens with zero attached hydrogens (tertiary/aromatic N) is 1. The molecule has 0 saturated carbocycles. The maximum atomic E-state index is 10.8. The Labute approximate surface area is 74.2 Å². The molecule has 0 aromatic carbocycles. The van der Waals surface area contributed by atoms with Crippen molar-refractivity contribution in [3.05, 3.63) is 12.2 Å². The summed E-state index contributed by atoms with van der Waals surface area (Å²) in [7, 11) is 6.18. The highest BCUT2D eigenvalue weighted by molar-refractivity contribution is 5.81. The van der Waals surface area contributed by atoms with E-state index in [9.17, 15) is 4.79 Å². The van der Waals surface area contributed by atoms with Crippen LogP contribution in [0.25, 0.3) is 0 Å². The molecule has 0 heterocycles.